The molecule has 0 unspecified atom stereocenters. The average molecular weight is 261 g/mol. The third-order valence-corrected chi connectivity index (χ3v) is 3.20. The lowest BCUT2D eigenvalue weighted by atomic mass is 10.2. The Morgan fingerprint density at radius 2 is 2.12 bits per heavy atom. The monoisotopic (exact) mass is 261 g/mol. The lowest BCUT2D eigenvalue weighted by Crippen LogP contribution is -2.10. The quantitative estimate of drug-likeness (QED) is 0.778. The van der Waals surface area contributed by atoms with Crippen LogP contribution in [0.25, 0.3) is 0 Å². The summed E-state index contributed by atoms with van der Waals surface area (Å²) < 4.78 is 40.4. The molecule has 0 heterocycles. The molecule has 0 spiro atoms. The van der Waals surface area contributed by atoms with Crippen LogP contribution in [0.4, 0.5) is 4.39 Å². The highest BCUT2D eigenvalue weighted by atomic mass is 32.2. The molecule has 17 heavy (non-hydrogen) atoms. The molecule has 6 heteroatoms. The van der Waals surface area contributed by atoms with Gasteiger partial charge in [-0.1, -0.05) is 12.1 Å². The van der Waals surface area contributed by atoms with Crippen LogP contribution in [0.2, 0.25) is 0 Å². The zero-order valence-corrected chi connectivity index (χ0v) is 10.5. The zero-order valence-electron chi connectivity index (χ0n) is 9.65. The van der Waals surface area contributed by atoms with Crippen LogP contribution >= 0.6 is 0 Å². The Hall–Kier alpha value is -1.14. The molecule has 0 radical (unpaired) electrons. The standard InChI is InChI=1S/C11H16FNO3S/c1-17(14,15)7-3-6-16-11-9(8-13)4-2-5-10(11)12/h2,4-5H,3,6-8,13H2,1H3. The van der Waals surface area contributed by atoms with Gasteiger partial charge in [0.15, 0.2) is 11.6 Å². The summed E-state index contributed by atoms with van der Waals surface area (Å²) >= 11 is 0. The maximum absolute atomic E-state index is 13.4. The van der Waals surface area contributed by atoms with Crippen LogP contribution in [-0.4, -0.2) is 27.0 Å². The minimum atomic E-state index is -3.00. The summed E-state index contributed by atoms with van der Waals surface area (Å²) in [5, 5.41) is 0. The summed E-state index contributed by atoms with van der Waals surface area (Å²) in [6.45, 7) is 0.334. The van der Waals surface area contributed by atoms with Crippen LogP contribution in [0.15, 0.2) is 18.2 Å². The highest BCUT2D eigenvalue weighted by Gasteiger charge is 2.09. The van der Waals surface area contributed by atoms with Gasteiger partial charge in [0.2, 0.25) is 0 Å². The van der Waals surface area contributed by atoms with Gasteiger partial charge in [0, 0.05) is 18.4 Å². The molecule has 1 aromatic carbocycles. The molecule has 0 fully saturated rings. The van der Waals surface area contributed by atoms with Crippen molar-refractivity contribution in [3.8, 4) is 5.75 Å². The molecule has 0 aromatic heterocycles. The molecule has 0 bridgehead atoms. The molecule has 1 rings (SSSR count). The molecule has 2 N–H and O–H groups in total. The fraction of sp³-hybridized carbons (Fsp3) is 0.455. The fourth-order valence-corrected chi connectivity index (χ4v) is 2.01. The number of para-hydroxylation sites is 1. The van der Waals surface area contributed by atoms with E-state index >= 15 is 0 Å². The Kier molecular flexibility index (Phi) is 4.89. The third-order valence-electron chi connectivity index (χ3n) is 2.17. The van der Waals surface area contributed by atoms with Crippen molar-refractivity contribution in [1.29, 1.82) is 0 Å². The van der Waals surface area contributed by atoms with Gasteiger partial charge in [-0.2, -0.15) is 0 Å². The summed E-state index contributed by atoms with van der Waals surface area (Å²) in [5.41, 5.74) is 6.02. The summed E-state index contributed by atoms with van der Waals surface area (Å²) in [6.07, 6.45) is 1.48. The van der Waals surface area contributed by atoms with Crippen LogP contribution in [0.3, 0.4) is 0 Å². The van der Waals surface area contributed by atoms with Gasteiger partial charge >= 0.3 is 0 Å². The predicted molar refractivity (Wildman–Crippen MR) is 64.1 cm³/mol. The second kappa shape index (κ2) is 5.97. The zero-order chi connectivity index (χ0) is 12.9. The van der Waals surface area contributed by atoms with E-state index in [9.17, 15) is 12.8 Å². The SMILES string of the molecule is CS(=O)(=O)CCCOc1c(F)cccc1CN. The van der Waals surface area contributed by atoms with Crippen molar-refractivity contribution in [3.05, 3.63) is 29.6 Å². The summed E-state index contributed by atoms with van der Waals surface area (Å²) in [5.74, 6) is -0.338. The summed E-state index contributed by atoms with van der Waals surface area (Å²) in [7, 11) is -3.00. The Balaban J connectivity index is 2.57. The smallest absolute Gasteiger partial charge is 0.165 e. The summed E-state index contributed by atoms with van der Waals surface area (Å²) in [4.78, 5) is 0. The lowest BCUT2D eigenvalue weighted by Gasteiger charge is -2.10. The van der Waals surface area contributed by atoms with Crippen molar-refractivity contribution >= 4 is 9.84 Å². The normalized spacial score (nSPS) is 11.5. The average Bonchev–Trinajstić information content (AvgIpc) is 2.24. The van der Waals surface area contributed by atoms with E-state index < -0.39 is 15.7 Å². The molecular formula is C11H16FNO3S. The Morgan fingerprint density at radius 3 is 2.71 bits per heavy atom. The van der Waals surface area contributed by atoms with Crippen molar-refractivity contribution < 1.29 is 17.5 Å². The van der Waals surface area contributed by atoms with E-state index in [1.54, 1.807) is 12.1 Å². The number of benzene rings is 1. The number of rotatable bonds is 6. The number of hydrogen-bond acceptors (Lipinski definition) is 4. The first-order valence-corrected chi connectivity index (χ1v) is 7.28. The first-order chi connectivity index (χ1) is 7.94. The molecule has 96 valence electrons. The number of hydrogen-bond donors (Lipinski definition) is 1. The number of nitrogens with two attached hydrogens (primary N) is 1. The Bertz CT molecular complexity index is 474. The highest BCUT2D eigenvalue weighted by Crippen LogP contribution is 2.22. The van der Waals surface area contributed by atoms with E-state index in [0.29, 0.717) is 12.0 Å². The largest absolute Gasteiger partial charge is 0.490 e. The van der Waals surface area contributed by atoms with Crippen molar-refractivity contribution in [2.45, 2.75) is 13.0 Å². The van der Waals surface area contributed by atoms with Gasteiger partial charge in [-0.25, -0.2) is 12.8 Å². The van der Waals surface area contributed by atoms with Crippen molar-refractivity contribution in [2.75, 3.05) is 18.6 Å². The van der Waals surface area contributed by atoms with Gasteiger partial charge < -0.3 is 10.5 Å². The molecule has 0 aliphatic heterocycles. The second-order valence-corrected chi connectivity index (χ2v) is 6.02. The molecule has 4 nitrogen and oxygen atoms in total. The lowest BCUT2D eigenvalue weighted by molar-refractivity contribution is 0.298. The number of halogens is 1. The maximum Gasteiger partial charge on any atom is 0.165 e. The minimum Gasteiger partial charge on any atom is -0.490 e. The first kappa shape index (κ1) is 13.9. The number of sulfone groups is 1. The minimum absolute atomic E-state index is 0.0272. The fourth-order valence-electron chi connectivity index (χ4n) is 1.37. The predicted octanol–water partition coefficient (Wildman–Crippen LogP) is 1.10. The van der Waals surface area contributed by atoms with Gasteiger partial charge in [0.25, 0.3) is 0 Å². The molecule has 0 saturated carbocycles. The summed E-state index contributed by atoms with van der Waals surface area (Å²) in [6, 6.07) is 4.51. The Labute approximate surface area is 101 Å². The van der Waals surface area contributed by atoms with E-state index in [1.807, 2.05) is 0 Å². The van der Waals surface area contributed by atoms with Crippen molar-refractivity contribution in [2.24, 2.45) is 5.73 Å². The van der Waals surface area contributed by atoms with E-state index in [-0.39, 0.29) is 24.7 Å². The molecule has 0 aliphatic rings. The maximum atomic E-state index is 13.4. The molecule has 1 aromatic rings. The van der Waals surface area contributed by atoms with Gasteiger partial charge in [0.1, 0.15) is 9.84 Å². The molecule has 0 amide bonds. The van der Waals surface area contributed by atoms with E-state index in [0.717, 1.165) is 6.26 Å². The molecular weight excluding hydrogens is 245 g/mol. The number of ether oxygens (including phenoxy) is 1. The Morgan fingerprint density at radius 1 is 1.41 bits per heavy atom. The van der Waals surface area contributed by atoms with Crippen LogP contribution in [0, 0.1) is 5.82 Å². The third kappa shape index (κ3) is 4.70. The second-order valence-electron chi connectivity index (χ2n) is 3.76. The van der Waals surface area contributed by atoms with Crippen LogP contribution in [0.5, 0.6) is 5.75 Å². The molecule has 0 aliphatic carbocycles. The van der Waals surface area contributed by atoms with Crippen LogP contribution in [0.1, 0.15) is 12.0 Å². The van der Waals surface area contributed by atoms with Gasteiger partial charge in [-0.15, -0.1) is 0 Å². The van der Waals surface area contributed by atoms with Gasteiger partial charge in [-0.3, -0.25) is 0 Å². The van der Waals surface area contributed by atoms with Crippen LogP contribution < -0.4 is 10.5 Å². The highest BCUT2D eigenvalue weighted by molar-refractivity contribution is 7.90. The van der Waals surface area contributed by atoms with Gasteiger partial charge in [-0.05, 0) is 12.5 Å². The van der Waals surface area contributed by atoms with Crippen molar-refractivity contribution in [3.63, 3.8) is 0 Å². The topological polar surface area (TPSA) is 69.4 Å². The van der Waals surface area contributed by atoms with Gasteiger partial charge in [0.05, 0.1) is 12.4 Å². The van der Waals surface area contributed by atoms with Crippen LogP contribution in [-0.2, 0) is 16.4 Å². The molecule has 0 saturated heterocycles. The van der Waals surface area contributed by atoms with Crippen molar-refractivity contribution in [1.82, 2.24) is 0 Å². The first-order valence-electron chi connectivity index (χ1n) is 5.22. The van der Waals surface area contributed by atoms with E-state index in [4.69, 9.17) is 10.5 Å². The molecule has 0 atom stereocenters. The van der Waals surface area contributed by atoms with E-state index in [2.05, 4.69) is 0 Å². The van der Waals surface area contributed by atoms with E-state index in [1.165, 1.54) is 6.07 Å².